The Kier molecular flexibility index (Phi) is 4.14. The Morgan fingerprint density at radius 3 is 2.48 bits per heavy atom. The van der Waals surface area contributed by atoms with Gasteiger partial charge in [0, 0.05) is 10.6 Å². The molecule has 0 aliphatic rings. The van der Waals surface area contributed by atoms with E-state index in [1.807, 2.05) is 0 Å². The Labute approximate surface area is 122 Å². The Hall–Kier alpha value is -2.13. The first kappa shape index (κ1) is 15.3. The Morgan fingerprint density at radius 2 is 1.90 bits per heavy atom. The van der Waals surface area contributed by atoms with Crippen molar-refractivity contribution in [3.05, 3.63) is 64.2 Å². The van der Waals surface area contributed by atoms with Gasteiger partial charge in [0.1, 0.15) is 17.4 Å². The van der Waals surface area contributed by atoms with Gasteiger partial charge in [-0.2, -0.15) is 18.4 Å². The molecule has 0 radical (unpaired) electrons. The minimum atomic E-state index is -4.63. The number of nitriles is 1. The topological polar surface area (TPSA) is 36.7 Å². The average Bonchev–Trinajstić information content (AvgIpc) is 2.41. The zero-order valence-corrected chi connectivity index (χ0v) is 11.1. The van der Waals surface area contributed by atoms with Crippen LogP contribution in [-0.4, -0.2) is 4.98 Å². The second-order valence-corrected chi connectivity index (χ2v) is 4.61. The summed E-state index contributed by atoms with van der Waals surface area (Å²) < 4.78 is 51.7. The lowest BCUT2D eigenvalue weighted by Gasteiger charge is -2.12. The van der Waals surface area contributed by atoms with E-state index in [1.54, 1.807) is 6.07 Å². The number of nitrogens with zero attached hydrogens (tertiary/aromatic N) is 2. The Bertz CT molecular complexity index is 707. The number of halogens is 5. The molecule has 1 aromatic carbocycles. The predicted molar refractivity (Wildman–Crippen MR) is 68.1 cm³/mol. The Balaban J connectivity index is 2.50. The lowest BCUT2D eigenvalue weighted by Crippen LogP contribution is -2.11. The van der Waals surface area contributed by atoms with E-state index in [1.165, 1.54) is 18.2 Å². The molecule has 0 saturated heterocycles. The van der Waals surface area contributed by atoms with Crippen molar-refractivity contribution in [2.24, 2.45) is 0 Å². The van der Waals surface area contributed by atoms with Crippen LogP contribution < -0.4 is 0 Å². The summed E-state index contributed by atoms with van der Waals surface area (Å²) in [4.78, 5) is 3.41. The first-order valence-electron chi connectivity index (χ1n) is 5.71. The van der Waals surface area contributed by atoms with Crippen LogP contribution >= 0.6 is 11.6 Å². The van der Waals surface area contributed by atoms with E-state index >= 15 is 0 Å². The molecule has 1 heterocycles. The molecule has 0 unspecified atom stereocenters. The summed E-state index contributed by atoms with van der Waals surface area (Å²) in [6.07, 6.45) is -4.63. The van der Waals surface area contributed by atoms with Crippen LogP contribution in [0.15, 0.2) is 36.4 Å². The van der Waals surface area contributed by atoms with Crippen LogP contribution in [0, 0.1) is 17.1 Å². The van der Waals surface area contributed by atoms with Crippen LogP contribution in [0.4, 0.5) is 17.6 Å². The zero-order valence-electron chi connectivity index (χ0n) is 10.3. The molecule has 0 aliphatic heterocycles. The van der Waals surface area contributed by atoms with Crippen molar-refractivity contribution in [1.82, 2.24) is 4.98 Å². The van der Waals surface area contributed by atoms with Gasteiger partial charge in [-0.15, -0.1) is 0 Å². The van der Waals surface area contributed by atoms with Crippen LogP contribution in [0.3, 0.4) is 0 Å². The minimum Gasteiger partial charge on any atom is -0.247 e. The normalized spacial score (nSPS) is 12.8. The quantitative estimate of drug-likeness (QED) is 0.763. The number of hydrogen-bond donors (Lipinski definition) is 0. The smallest absolute Gasteiger partial charge is 0.247 e. The predicted octanol–water partition coefficient (Wildman–Crippen LogP) is 4.55. The highest BCUT2D eigenvalue weighted by Gasteiger charge is 2.33. The molecule has 0 amide bonds. The van der Waals surface area contributed by atoms with E-state index in [-0.39, 0.29) is 16.3 Å². The van der Waals surface area contributed by atoms with Crippen LogP contribution in [0.1, 0.15) is 22.9 Å². The van der Waals surface area contributed by atoms with E-state index in [9.17, 15) is 17.6 Å². The van der Waals surface area contributed by atoms with Crippen LogP contribution in [0.5, 0.6) is 0 Å². The van der Waals surface area contributed by atoms with Gasteiger partial charge in [-0.1, -0.05) is 23.7 Å². The molecule has 0 fully saturated rings. The van der Waals surface area contributed by atoms with Crippen molar-refractivity contribution < 1.29 is 17.6 Å². The first-order chi connectivity index (χ1) is 9.82. The molecule has 0 saturated carbocycles. The zero-order chi connectivity index (χ0) is 15.6. The van der Waals surface area contributed by atoms with Gasteiger partial charge < -0.3 is 0 Å². The molecule has 108 valence electrons. The SMILES string of the molecule is N#C[C@H](c1cccc(C(F)(F)F)n1)c1ccc(Cl)cc1F. The molecule has 7 heteroatoms. The lowest BCUT2D eigenvalue weighted by molar-refractivity contribution is -0.141. The molecular weight excluding hydrogens is 308 g/mol. The number of aromatic nitrogens is 1. The highest BCUT2D eigenvalue weighted by molar-refractivity contribution is 6.30. The summed E-state index contributed by atoms with van der Waals surface area (Å²) in [6.45, 7) is 0. The molecule has 2 rings (SSSR count). The van der Waals surface area contributed by atoms with E-state index in [0.717, 1.165) is 18.2 Å². The molecule has 0 bridgehead atoms. The standard InChI is InChI=1S/C14H7ClF4N2/c15-8-4-5-9(11(16)6-8)10(7-20)12-2-1-3-13(21-12)14(17,18)19/h1-6,10H/t10-/m0/s1. The third-order valence-electron chi connectivity index (χ3n) is 2.76. The molecule has 1 aromatic heterocycles. The average molecular weight is 315 g/mol. The highest BCUT2D eigenvalue weighted by Crippen LogP contribution is 2.31. The van der Waals surface area contributed by atoms with Gasteiger partial charge in [0.2, 0.25) is 0 Å². The maximum Gasteiger partial charge on any atom is 0.433 e. The molecule has 0 N–H and O–H groups in total. The summed E-state index contributed by atoms with van der Waals surface area (Å²) in [6, 6.07) is 8.54. The maximum absolute atomic E-state index is 13.8. The van der Waals surface area contributed by atoms with E-state index < -0.39 is 23.6 Å². The minimum absolute atomic E-state index is 0.0753. The van der Waals surface area contributed by atoms with Crippen molar-refractivity contribution in [3.63, 3.8) is 0 Å². The number of rotatable bonds is 2. The second-order valence-electron chi connectivity index (χ2n) is 4.17. The van der Waals surface area contributed by atoms with Crippen molar-refractivity contribution in [2.45, 2.75) is 12.1 Å². The van der Waals surface area contributed by atoms with Gasteiger partial charge in [-0.25, -0.2) is 9.37 Å². The summed E-state index contributed by atoms with van der Waals surface area (Å²) in [7, 11) is 0. The number of benzene rings is 1. The largest absolute Gasteiger partial charge is 0.433 e. The van der Waals surface area contributed by atoms with Crippen molar-refractivity contribution >= 4 is 11.6 Å². The van der Waals surface area contributed by atoms with Crippen LogP contribution in [-0.2, 0) is 6.18 Å². The maximum atomic E-state index is 13.8. The van der Waals surface area contributed by atoms with Crippen LogP contribution in [0.25, 0.3) is 0 Å². The number of pyridine rings is 1. The monoisotopic (exact) mass is 314 g/mol. The first-order valence-corrected chi connectivity index (χ1v) is 6.09. The van der Waals surface area contributed by atoms with Crippen molar-refractivity contribution in [3.8, 4) is 6.07 Å². The number of alkyl halides is 3. The molecule has 0 spiro atoms. The van der Waals surface area contributed by atoms with E-state index in [2.05, 4.69) is 4.98 Å². The van der Waals surface area contributed by atoms with E-state index in [0.29, 0.717) is 0 Å². The Morgan fingerprint density at radius 1 is 1.19 bits per heavy atom. The third-order valence-corrected chi connectivity index (χ3v) is 2.99. The fraction of sp³-hybridized carbons (Fsp3) is 0.143. The van der Waals surface area contributed by atoms with Gasteiger partial charge in [0.05, 0.1) is 11.8 Å². The van der Waals surface area contributed by atoms with Crippen molar-refractivity contribution in [1.29, 1.82) is 5.26 Å². The molecule has 1 atom stereocenters. The third kappa shape index (κ3) is 3.31. The molecule has 2 aromatic rings. The summed E-state index contributed by atoms with van der Waals surface area (Å²) in [5.74, 6) is -2.02. The molecular formula is C14H7ClF4N2. The summed E-state index contributed by atoms with van der Waals surface area (Å²) >= 11 is 5.61. The van der Waals surface area contributed by atoms with Crippen molar-refractivity contribution in [2.75, 3.05) is 0 Å². The number of hydrogen-bond acceptors (Lipinski definition) is 2. The van der Waals surface area contributed by atoms with Gasteiger partial charge >= 0.3 is 6.18 Å². The summed E-state index contributed by atoms with van der Waals surface area (Å²) in [5, 5.41) is 9.28. The molecule has 0 aliphatic carbocycles. The fourth-order valence-electron chi connectivity index (χ4n) is 1.80. The lowest BCUT2D eigenvalue weighted by atomic mass is 9.96. The molecule has 2 nitrogen and oxygen atoms in total. The van der Waals surface area contributed by atoms with Gasteiger partial charge in [-0.3, -0.25) is 0 Å². The molecule has 21 heavy (non-hydrogen) atoms. The van der Waals surface area contributed by atoms with Crippen LogP contribution in [0.2, 0.25) is 5.02 Å². The summed E-state index contributed by atoms with van der Waals surface area (Å²) in [5.41, 5.74) is -1.38. The second kappa shape index (κ2) is 5.70. The van der Waals surface area contributed by atoms with Gasteiger partial charge in [-0.05, 0) is 24.3 Å². The highest BCUT2D eigenvalue weighted by atomic mass is 35.5. The van der Waals surface area contributed by atoms with Gasteiger partial charge in [0.25, 0.3) is 0 Å². The fourth-order valence-corrected chi connectivity index (χ4v) is 1.96. The van der Waals surface area contributed by atoms with Gasteiger partial charge in [0.15, 0.2) is 0 Å². The van der Waals surface area contributed by atoms with E-state index in [4.69, 9.17) is 16.9 Å².